The van der Waals surface area contributed by atoms with Gasteiger partial charge in [-0.25, -0.2) is 4.98 Å². The fourth-order valence-corrected chi connectivity index (χ4v) is 3.18. The largest absolute Gasteiger partial charge is 0.508 e. The molecule has 0 bridgehead atoms. The lowest BCUT2D eigenvalue weighted by molar-refractivity contribution is -0.123. The highest BCUT2D eigenvalue weighted by atomic mass is 16.3. The predicted molar refractivity (Wildman–Crippen MR) is 88.2 cm³/mol. The molecule has 1 unspecified atom stereocenters. The predicted octanol–water partition coefficient (Wildman–Crippen LogP) is 2.07. The molecule has 3 rings (SSSR count). The monoisotopic (exact) mass is 314 g/mol. The SMILES string of the molecule is CC(C)N1CCc2ncn(C)c2C1C(=O)Nc1cccc(O)c1. The standard InChI is InChI=1S/C17H22N4O2/c1-11(2)21-8-7-14-15(20(3)10-18-14)16(21)17(23)19-12-5-4-6-13(22)9-12/h4-6,9-11,16,22H,7-8H2,1-3H3,(H,19,23). The number of amides is 1. The number of anilines is 1. The van der Waals surface area contributed by atoms with Gasteiger partial charge in [0.1, 0.15) is 11.8 Å². The number of nitrogens with one attached hydrogen (secondary N) is 1. The topological polar surface area (TPSA) is 70.4 Å². The number of phenols is 1. The van der Waals surface area contributed by atoms with Crippen molar-refractivity contribution in [2.45, 2.75) is 32.4 Å². The van der Waals surface area contributed by atoms with E-state index in [1.807, 2.05) is 11.6 Å². The van der Waals surface area contributed by atoms with Crippen LogP contribution in [-0.2, 0) is 18.3 Å². The molecule has 0 radical (unpaired) electrons. The van der Waals surface area contributed by atoms with Gasteiger partial charge in [0.2, 0.25) is 5.91 Å². The molecule has 6 heteroatoms. The van der Waals surface area contributed by atoms with Gasteiger partial charge >= 0.3 is 0 Å². The molecule has 1 aromatic carbocycles. The Kier molecular flexibility index (Phi) is 4.09. The summed E-state index contributed by atoms with van der Waals surface area (Å²) in [5.74, 6) is 0.0298. The van der Waals surface area contributed by atoms with E-state index in [-0.39, 0.29) is 23.7 Å². The lowest BCUT2D eigenvalue weighted by Gasteiger charge is -2.37. The number of benzene rings is 1. The average Bonchev–Trinajstić information content (AvgIpc) is 2.88. The summed E-state index contributed by atoms with van der Waals surface area (Å²) < 4.78 is 1.93. The molecule has 23 heavy (non-hydrogen) atoms. The van der Waals surface area contributed by atoms with Crippen LogP contribution >= 0.6 is 0 Å². The number of fused-ring (bicyclic) bond motifs is 1. The number of hydrogen-bond acceptors (Lipinski definition) is 4. The molecule has 122 valence electrons. The first kappa shape index (κ1) is 15.6. The van der Waals surface area contributed by atoms with Crippen molar-refractivity contribution in [3.05, 3.63) is 42.0 Å². The number of carbonyl (C=O) groups is 1. The molecule has 1 amide bonds. The molecule has 1 aromatic heterocycles. The van der Waals surface area contributed by atoms with Gasteiger partial charge in [-0.1, -0.05) is 6.07 Å². The van der Waals surface area contributed by atoms with Crippen molar-refractivity contribution in [3.8, 4) is 5.75 Å². The quantitative estimate of drug-likeness (QED) is 0.910. The van der Waals surface area contributed by atoms with Gasteiger partial charge in [0, 0.05) is 37.8 Å². The molecule has 0 saturated carbocycles. The van der Waals surface area contributed by atoms with Crippen LogP contribution in [0, 0.1) is 0 Å². The Labute approximate surface area is 135 Å². The van der Waals surface area contributed by atoms with Crippen LogP contribution < -0.4 is 5.32 Å². The summed E-state index contributed by atoms with van der Waals surface area (Å²) in [7, 11) is 1.92. The molecular formula is C17H22N4O2. The fourth-order valence-electron chi connectivity index (χ4n) is 3.18. The summed E-state index contributed by atoms with van der Waals surface area (Å²) in [6.45, 7) is 4.99. The number of phenolic OH excluding ortho intramolecular Hbond substituents is 1. The normalized spacial score (nSPS) is 18.0. The zero-order valence-electron chi connectivity index (χ0n) is 13.7. The first-order chi connectivity index (χ1) is 11.0. The Bertz CT molecular complexity index is 723. The van der Waals surface area contributed by atoms with Crippen LogP contribution in [0.15, 0.2) is 30.6 Å². The molecule has 2 aromatic rings. The highest BCUT2D eigenvalue weighted by Gasteiger charge is 2.37. The molecular weight excluding hydrogens is 292 g/mol. The van der Waals surface area contributed by atoms with Crippen LogP contribution in [0.25, 0.3) is 0 Å². The zero-order chi connectivity index (χ0) is 16.6. The van der Waals surface area contributed by atoms with Gasteiger partial charge in [0.15, 0.2) is 0 Å². The van der Waals surface area contributed by atoms with Gasteiger partial charge in [-0.2, -0.15) is 0 Å². The fraction of sp³-hybridized carbons (Fsp3) is 0.412. The number of aryl methyl sites for hydroxylation is 1. The third-order valence-electron chi connectivity index (χ3n) is 4.29. The van der Waals surface area contributed by atoms with Gasteiger partial charge in [-0.05, 0) is 26.0 Å². The van der Waals surface area contributed by atoms with E-state index in [2.05, 4.69) is 29.0 Å². The van der Waals surface area contributed by atoms with Crippen LogP contribution in [0.3, 0.4) is 0 Å². The number of imidazole rings is 1. The third-order valence-corrected chi connectivity index (χ3v) is 4.29. The molecule has 0 spiro atoms. The summed E-state index contributed by atoms with van der Waals surface area (Å²) in [6.07, 6.45) is 2.62. The average molecular weight is 314 g/mol. The van der Waals surface area contributed by atoms with E-state index < -0.39 is 0 Å². The van der Waals surface area contributed by atoms with E-state index in [9.17, 15) is 9.90 Å². The van der Waals surface area contributed by atoms with E-state index >= 15 is 0 Å². The Morgan fingerprint density at radius 1 is 1.43 bits per heavy atom. The number of hydrogen-bond donors (Lipinski definition) is 2. The second-order valence-corrected chi connectivity index (χ2v) is 6.21. The molecule has 1 atom stereocenters. The van der Waals surface area contributed by atoms with Gasteiger partial charge in [0.25, 0.3) is 0 Å². The van der Waals surface area contributed by atoms with Gasteiger partial charge in [0.05, 0.1) is 17.7 Å². The van der Waals surface area contributed by atoms with Crippen molar-refractivity contribution >= 4 is 11.6 Å². The molecule has 2 N–H and O–H groups in total. The van der Waals surface area contributed by atoms with Crippen molar-refractivity contribution in [2.75, 3.05) is 11.9 Å². The second kappa shape index (κ2) is 6.04. The molecule has 6 nitrogen and oxygen atoms in total. The number of aromatic nitrogens is 2. The van der Waals surface area contributed by atoms with E-state index in [1.54, 1.807) is 30.6 Å². The molecule has 2 heterocycles. The first-order valence-electron chi connectivity index (χ1n) is 7.83. The minimum Gasteiger partial charge on any atom is -0.508 e. The number of carbonyl (C=O) groups excluding carboxylic acids is 1. The highest BCUT2D eigenvalue weighted by Crippen LogP contribution is 2.31. The summed E-state index contributed by atoms with van der Waals surface area (Å²) in [5.41, 5.74) is 2.52. The minimum absolute atomic E-state index is 0.103. The maximum atomic E-state index is 12.9. The molecule has 1 aliphatic rings. The van der Waals surface area contributed by atoms with Gasteiger partial charge < -0.3 is 15.0 Å². The number of aromatic hydroxyl groups is 1. The molecule has 0 fully saturated rings. The maximum Gasteiger partial charge on any atom is 0.247 e. The Balaban J connectivity index is 1.93. The third kappa shape index (κ3) is 2.94. The Morgan fingerprint density at radius 2 is 2.22 bits per heavy atom. The molecule has 0 saturated heterocycles. The van der Waals surface area contributed by atoms with Crippen molar-refractivity contribution in [2.24, 2.45) is 7.05 Å². The second-order valence-electron chi connectivity index (χ2n) is 6.21. The van der Waals surface area contributed by atoms with Crippen LogP contribution in [0.2, 0.25) is 0 Å². The summed E-state index contributed by atoms with van der Waals surface area (Å²) >= 11 is 0. The van der Waals surface area contributed by atoms with Gasteiger partial charge in [-0.15, -0.1) is 0 Å². The first-order valence-corrected chi connectivity index (χ1v) is 7.83. The van der Waals surface area contributed by atoms with E-state index in [0.29, 0.717) is 5.69 Å². The van der Waals surface area contributed by atoms with Crippen molar-refractivity contribution in [1.82, 2.24) is 14.5 Å². The van der Waals surface area contributed by atoms with Crippen molar-refractivity contribution in [1.29, 1.82) is 0 Å². The van der Waals surface area contributed by atoms with Crippen LogP contribution in [0.5, 0.6) is 5.75 Å². The van der Waals surface area contributed by atoms with Crippen LogP contribution in [0.4, 0.5) is 5.69 Å². The summed E-state index contributed by atoms with van der Waals surface area (Å²) in [5, 5.41) is 12.5. The Hall–Kier alpha value is -2.34. The van der Waals surface area contributed by atoms with E-state index in [0.717, 1.165) is 24.4 Å². The van der Waals surface area contributed by atoms with E-state index in [1.165, 1.54) is 0 Å². The number of rotatable bonds is 3. The van der Waals surface area contributed by atoms with Crippen LogP contribution in [0.1, 0.15) is 31.3 Å². The molecule has 1 aliphatic heterocycles. The lowest BCUT2D eigenvalue weighted by atomic mass is 9.99. The smallest absolute Gasteiger partial charge is 0.247 e. The number of nitrogens with zero attached hydrogens (tertiary/aromatic N) is 3. The summed E-state index contributed by atoms with van der Waals surface area (Å²) in [6, 6.07) is 6.47. The highest BCUT2D eigenvalue weighted by molar-refractivity contribution is 5.95. The molecule has 0 aliphatic carbocycles. The zero-order valence-corrected chi connectivity index (χ0v) is 13.7. The van der Waals surface area contributed by atoms with Gasteiger partial charge in [-0.3, -0.25) is 9.69 Å². The Morgan fingerprint density at radius 3 is 2.91 bits per heavy atom. The van der Waals surface area contributed by atoms with Crippen molar-refractivity contribution < 1.29 is 9.90 Å². The van der Waals surface area contributed by atoms with E-state index in [4.69, 9.17) is 0 Å². The minimum atomic E-state index is -0.381. The maximum absolute atomic E-state index is 12.9. The summed E-state index contributed by atoms with van der Waals surface area (Å²) in [4.78, 5) is 19.5. The van der Waals surface area contributed by atoms with Crippen molar-refractivity contribution in [3.63, 3.8) is 0 Å². The lowest BCUT2D eigenvalue weighted by Crippen LogP contribution is -2.46. The van der Waals surface area contributed by atoms with Crippen LogP contribution in [-0.4, -0.2) is 38.1 Å².